The van der Waals surface area contributed by atoms with E-state index in [-0.39, 0.29) is 6.42 Å². The van der Waals surface area contributed by atoms with Crippen molar-refractivity contribution in [2.75, 3.05) is 7.11 Å². The summed E-state index contributed by atoms with van der Waals surface area (Å²) in [5.74, 6) is -1.28. The van der Waals surface area contributed by atoms with Crippen molar-refractivity contribution in [3.63, 3.8) is 0 Å². The Morgan fingerprint density at radius 2 is 1.95 bits per heavy atom. The van der Waals surface area contributed by atoms with Crippen molar-refractivity contribution < 1.29 is 24.1 Å². The predicted molar refractivity (Wildman–Crippen MR) is 68.9 cm³/mol. The lowest BCUT2D eigenvalue weighted by atomic mass is 9.75. The first kappa shape index (κ1) is 15.4. The van der Waals surface area contributed by atoms with Gasteiger partial charge in [-0.15, -0.1) is 0 Å². The van der Waals surface area contributed by atoms with Gasteiger partial charge < -0.3 is 14.9 Å². The fourth-order valence-electron chi connectivity index (χ4n) is 2.24. The summed E-state index contributed by atoms with van der Waals surface area (Å²) in [6, 6.07) is 4.06. The van der Waals surface area contributed by atoms with Gasteiger partial charge in [0, 0.05) is 5.56 Å². The van der Waals surface area contributed by atoms with E-state index < -0.39 is 22.8 Å². The lowest BCUT2D eigenvalue weighted by Gasteiger charge is -2.32. The first-order valence-corrected chi connectivity index (χ1v) is 5.90. The van der Waals surface area contributed by atoms with E-state index in [9.17, 15) is 14.3 Å². The third kappa shape index (κ3) is 3.44. The average molecular weight is 270 g/mol. The molecule has 106 valence electrons. The molecular formula is C14H19FO4. The Labute approximate surface area is 111 Å². The van der Waals surface area contributed by atoms with E-state index in [0.717, 1.165) is 0 Å². The molecule has 1 atom stereocenters. The molecule has 0 saturated carbocycles. The van der Waals surface area contributed by atoms with Crippen molar-refractivity contribution in [1.82, 2.24) is 0 Å². The van der Waals surface area contributed by atoms with Gasteiger partial charge in [0.2, 0.25) is 0 Å². The van der Waals surface area contributed by atoms with E-state index in [1.165, 1.54) is 32.2 Å². The number of aliphatic hydroxyl groups is 1. The van der Waals surface area contributed by atoms with E-state index in [0.29, 0.717) is 11.3 Å². The number of halogens is 1. The number of rotatable bonds is 5. The quantitative estimate of drug-likeness (QED) is 0.861. The van der Waals surface area contributed by atoms with Crippen LogP contribution < -0.4 is 4.74 Å². The van der Waals surface area contributed by atoms with Gasteiger partial charge in [-0.2, -0.15) is 0 Å². The topological polar surface area (TPSA) is 66.8 Å². The second kappa shape index (κ2) is 5.17. The number of hydrogen-bond donors (Lipinski definition) is 2. The zero-order valence-electron chi connectivity index (χ0n) is 11.5. The molecule has 4 nitrogen and oxygen atoms in total. The van der Waals surface area contributed by atoms with Crippen LogP contribution in [0.15, 0.2) is 18.2 Å². The Morgan fingerprint density at radius 3 is 2.42 bits per heavy atom. The smallest absolute Gasteiger partial charge is 0.335 e. The molecule has 5 heteroatoms. The van der Waals surface area contributed by atoms with Crippen LogP contribution in [0.3, 0.4) is 0 Å². The molecule has 0 spiro atoms. The highest BCUT2D eigenvalue weighted by Gasteiger charge is 2.39. The maximum Gasteiger partial charge on any atom is 0.335 e. The van der Waals surface area contributed by atoms with Crippen LogP contribution in [0.1, 0.15) is 32.8 Å². The van der Waals surface area contributed by atoms with Crippen LogP contribution in [-0.2, 0) is 10.2 Å². The van der Waals surface area contributed by atoms with Gasteiger partial charge in [0.15, 0.2) is 5.60 Å². The predicted octanol–water partition coefficient (Wildman–Crippen LogP) is 2.34. The molecule has 1 aromatic carbocycles. The SMILES string of the molecule is COc1ccc(F)cc1C(C)(C)CC(C)(O)C(=O)O. The molecule has 0 aliphatic heterocycles. The number of aliphatic carboxylic acids is 1. The van der Waals surface area contributed by atoms with Crippen LogP contribution in [-0.4, -0.2) is 28.9 Å². The van der Waals surface area contributed by atoms with Gasteiger partial charge in [-0.1, -0.05) is 13.8 Å². The molecule has 0 aromatic heterocycles. The third-order valence-corrected chi connectivity index (χ3v) is 3.14. The van der Waals surface area contributed by atoms with Gasteiger partial charge in [-0.05, 0) is 37.0 Å². The molecule has 0 bridgehead atoms. The second-order valence-corrected chi connectivity index (χ2v) is 5.48. The summed E-state index contributed by atoms with van der Waals surface area (Å²) < 4.78 is 18.5. The highest BCUT2D eigenvalue weighted by Crippen LogP contribution is 2.38. The highest BCUT2D eigenvalue weighted by molar-refractivity contribution is 5.76. The number of benzene rings is 1. The Balaban J connectivity index is 3.19. The molecule has 0 aliphatic rings. The van der Waals surface area contributed by atoms with E-state index >= 15 is 0 Å². The largest absolute Gasteiger partial charge is 0.496 e. The normalized spacial score (nSPS) is 14.8. The summed E-state index contributed by atoms with van der Waals surface area (Å²) in [6.45, 7) is 4.70. The first-order chi connectivity index (χ1) is 8.60. The molecule has 1 unspecified atom stereocenters. The summed E-state index contributed by atoms with van der Waals surface area (Å²) in [5.41, 5.74) is -2.12. The molecule has 0 heterocycles. The van der Waals surface area contributed by atoms with Gasteiger partial charge in [0.1, 0.15) is 11.6 Å². The van der Waals surface area contributed by atoms with Crippen molar-refractivity contribution >= 4 is 5.97 Å². The number of carbonyl (C=O) groups is 1. The molecule has 0 amide bonds. The molecule has 2 N–H and O–H groups in total. The number of ether oxygens (including phenoxy) is 1. The lowest BCUT2D eigenvalue weighted by molar-refractivity contribution is -0.158. The molecule has 0 radical (unpaired) electrons. The summed E-state index contributed by atoms with van der Waals surface area (Å²) >= 11 is 0. The van der Waals surface area contributed by atoms with Crippen molar-refractivity contribution in [2.45, 2.75) is 38.2 Å². The van der Waals surface area contributed by atoms with Gasteiger partial charge in [0.25, 0.3) is 0 Å². The Kier molecular flexibility index (Phi) is 4.20. The Morgan fingerprint density at radius 1 is 1.37 bits per heavy atom. The lowest BCUT2D eigenvalue weighted by Crippen LogP contribution is -2.41. The molecule has 0 fully saturated rings. The van der Waals surface area contributed by atoms with Gasteiger partial charge in [-0.25, -0.2) is 9.18 Å². The van der Waals surface area contributed by atoms with Crippen LogP contribution >= 0.6 is 0 Å². The fraction of sp³-hybridized carbons (Fsp3) is 0.500. The summed E-state index contributed by atoms with van der Waals surface area (Å²) in [7, 11) is 1.46. The molecule has 1 aromatic rings. The van der Waals surface area contributed by atoms with E-state index in [2.05, 4.69) is 0 Å². The van der Waals surface area contributed by atoms with E-state index in [1.807, 2.05) is 0 Å². The zero-order valence-corrected chi connectivity index (χ0v) is 11.5. The van der Waals surface area contributed by atoms with Crippen molar-refractivity contribution in [3.8, 4) is 5.75 Å². The van der Waals surface area contributed by atoms with E-state index in [4.69, 9.17) is 9.84 Å². The highest BCUT2D eigenvalue weighted by atomic mass is 19.1. The van der Waals surface area contributed by atoms with Crippen LogP contribution in [0.2, 0.25) is 0 Å². The fourth-order valence-corrected chi connectivity index (χ4v) is 2.24. The minimum atomic E-state index is -1.89. The number of carboxylic acid groups (broad SMARTS) is 1. The second-order valence-electron chi connectivity index (χ2n) is 5.48. The third-order valence-electron chi connectivity index (χ3n) is 3.14. The van der Waals surface area contributed by atoms with Crippen molar-refractivity contribution in [3.05, 3.63) is 29.6 Å². The van der Waals surface area contributed by atoms with Gasteiger partial charge in [0.05, 0.1) is 7.11 Å². The standard InChI is InChI=1S/C14H19FO4/c1-13(2,8-14(3,18)12(16)17)10-7-9(15)5-6-11(10)19-4/h5-7,18H,8H2,1-4H3,(H,16,17). The molecular weight excluding hydrogens is 251 g/mol. The summed E-state index contributed by atoms with van der Waals surface area (Å²) in [4.78, 5) is 11.0. The van der Waals surface area contributed by atoms with Gasteiger partial charge >= 0.3 is 5.97 Å². The number of carboxylic acids is 1. The van der Waals surface area contributed by atoms with Crippen LogP contribution in [0.5, 0.6) is 5.75 Å². The van der Waals surface area contributed by atoms with Crippen molar-refractivity contribution in [2.24, 2.45) is 0 Å². The number of methoxy groups -OCH3 is 1. The maximum absolute atomic E-state index is 13.4. The molecule has 0 saturated heterocycles. The molecule has 19 heavy (non-hydrogen) atoms. The first-order valence-electron chi connectivity index (χ1n) is 5.90. The molecule has 0 aliphatic carbocycles. The van der Waals surface area contributed by atoms with Crippen LogP contribution in [0.25, 0.3) is 0 Å². The molecule has 1 rings (SSSR count). The minimum Gasteiger partial charge on any atom is -0.496 e. The maximum atomic E-state index is 13.4. The van der Waals surface area contributed by atoms with E-state index in [1.54, 1.807) is 13.8 Å². The monoisotopic (exact) mass is 270 g/mol. The Hall–Kier alpha value is -1.62. The zero-order chi connectivity index (χ0) is 14.8. The Bertz CT molecular complexity index is 480. The summed E-state index contributed by atoms with van der Waals surface area (Å²) in [6.07, 6.45) is -0.0604. The minimum absolute atomic E-state index is 0.0604. The number of hydrogen-bond acceptors (Lipinski definition) is 3. The summed E-state index contributed by atoms with van der Waals surface area (Å²) in [5, 5.41) is 18.9. The van der Waals surface area contributed by atoms with Gasteiger partial charge in [-0.3, -0.25) is 0 Å². The van der Waals surface area contributed by atoms with Crippen LogP contribution in [0.4, 0.5) is 4.39 Å². The van der Waals surface area contributed by atoms with Crippen LogP contribution in [0, 0.1) is 5.82 Å². The van der Waals surface area contributed by atoms with Crippen molar-refractivity contribution in [1.29, 1.82) is 0 Å². The average Bonchev–Trinajstić information content (AvgIpc) is 2.27.